The predicted molar refractivity (Wildman–Crippen MR) is 127 cm³/mol. The van der Waals surface area contributed by atoms with E-state index in [1.807, 2.05) is 24.1 Å². The number of aromatic nitrogens is 1. The molecule has 0 aliphatic heterocycles. The molecule has 3 rings (SSSR count). The highest BCUT2D eigenvalue weighted by Gasteiger charge is 2.17. The summed E-state index contributed by atoms with van der Waals surface area (Å²) in [6.45, 7) is 1.48. The number of guanidine groups is 1. The SMILES string of the molecule is CN(C)C(=O)CN=C(NCCc1ccco1)N(C)Cc1nc2c(s1)CCCC2.I. The molecule has 2 aromatic rings. The van der Waals surface area contributed by atoms with Crippen LogP contribution in [-0.2, 0) is 30.6 Å². The van der Waals surface area contributed by atoms with Gasteiger partial charge in [0.15, 0.2) is 5.96 Å². The maximum Gasteiger partial charge on any atom is 0.243 e. The number of furan rings is 1. The molecule has 0 unspecified atom stereocenters. The Morgan fingerprint density at radius 2 is 2.10 bits per heavy atom. The number of hydrogen-bond donors (Lipinski definition) is 1. The van der Waals surface area contributed by atoms with Gasteiger partial charge in [0, 0.05) is 39.0 Å². The molecule has 0 aromatic carbocycles. The second-order valence-electron chi connectivity index (χ2n) is 7.22. The molecule has 0 radical (unpaired) electrons. The van der Waals surface area contributed by atoms with Crippen LogP contribution in [0.2, 0.25) is 0 Å². The lowest BCUT2D eigenvalue weighted by Gasteiger charge is -2.21. The van der Waals surface area contributed by atoms with Crippen molar-refractivity contribution in [1.29, 1.82) is 0 Å². The highest BCUT2D eigenvalue weighted by Crippen LogP contribution is 2.27. The lowest BCUT2D eigenvalue weighted by molar-refractivity contribution is -0.127. The molecular formula is C20H30IN5O2S. The Labute approximate surface area is 193 Å². The first kappa shape index (κ1) is 23.7. The van der Waals surface area contributed by atoms with Crippen LogP contribution in [0.1, 0.15) is 34.2 Å². The quantitative estimate of drug-likeness (QED) is 0.338. The summed E-state index contributed by atoms with van der Waals surface area (Å²) in [5.74, 6) is 1.60. The zero-order chi connectivity index (χ0) is 19.9. The highest BCUT2D eigenvalue weighted by molar-refractivity contribution is 14.0. The Bertz CT molecular complexity index is 780. The topological polar surface area (TPSA) is 74.0 Å². The zero-order valence-electron chi connectivity index (χ0n) is 17.3. The number of hydrogen-bond acceptors (Lipinski definition) is 5. The summed E-state index contributed by atoms with van der Waals surface area (Å²) in [7, 11) is 5.47. The van der Waals surface area contributed by atoms with Gasteiger partial charge in [-0.2, -0.15) is 0 Å². The second-order valence-corrected chi connectivity index (χ2v) is 8.39. The molecule has 0 spiro atoms. The van der Waals surface area contributed by atoms with Crippen molar-refractivity contribution in [1.82, 2.24) is 20.1 Å². The minimum Gasteiger partial charge on any atom is -0.469 e. The van der Waals surface area contributed by atoms with E-state index in [0.29, 0.717) is 19.0 Å². The van der Waals surface area contributed by atoms with Gasteiger partial charge < -0.3 is 19.5 Å². The van der Waals surface area contributed by atoms with E-state index in [1.165, 1.54) is 23.4 Å². The van der Waals surface area contributed by atoms with Crippen molar-refractivity contribution in [2.45, 2.75) is 38.6 Å². The van der Waals surface area contributed by atoms with Gasteiger partial charge in [-0.15, -0.1) is 35.3 Å². The average Bonchev–Trinajstić information content (AvgIpc) is 3.32. The first-order valence-corrected chi connectivity index (χ1v) is 10.5. The van der Waals surface area contributed by atoms with Crippen LogP contribution in [0.4, 0.5) is 0 Å². The summed E-state index contributed by atoms with van der Waals surface area (Å²) in [5.41, 5.74) is 1.27. The van der Waals surface area contributed by atoms with Crippen LogP contribution in [0.25, 0.3) is 0 Å². The van der Waals surface area contributed by atoms with E-state index in [0.717, 1.165) is 30.0 Å². The van der Waals surface area contributed by atoms with Gasteiger partial charge in [0.05, 0.1) is 18.5 Å². The molecule has 2 aromatic heterocycles. The molecular weight excluding hydrogens is 501 g/mol. The molecule has 0 bridgehead atoms. The first-order chi connectivity index (χ1) is 13.5. The van der Waals surface area contributed by atoms with Gasteiger partial charge in [-0.05, 0) is 37.8 Å². The lowest BCUT2D eigenvalue weighted by Crippen LogP contribution is -2.40. The van der Waals surface area contributed by atoms with Gasteiger partial charge in [-0.1, -0.05) is 0 Å². The number of halogens is 1. The third kappa shape index (κ3) is 6.98. The molecule has 7 nitrogen and oxygen atoms in total. The third-order valence-corrected chi connectivity index (χ3v) is 5.86. The molecule has 0 fully saturated rings. The van der Waals surface area contributed by atoms with Crippen molar-refractivity contribution in [3.8, 4) is 0 Å². The molecule has 2 heterocycles. The summed E-state index contributed by atoms with van der Waals surface area (Å²) in [6, 6.07) is 3.84. The maximum absolute atomic E-state index is 12.0. The molecule has 1 aliphatic rings. The minimum absolute atomic E-state index is 0. The number of nitrogens with zero attached hydrogens (tertiary/aromatic N) is 4. The van der Waals surface area contributed by atoms with Gasteiger partial charge in [-0.3, -0.25) is 4.79 Å². The summed E-state index contributed by atoms with van der Waals surface area (Å²) < 4.78 is 5.39. The smallest absolute Gasteiger partial charge is 0.243 e. The van der Waals surface area contributed by atoms with Gasteiger partial charge in [0.1, 0.15) is 17.3 Å². The fraction of sp³-hybridized carbons (Fsp3) is 0.550. The normalized spacial score (nSPS) is 13.4. The minimum atomic E-state index is -0.0246. The highest BCUT2D eigenvalue weighted by atomic mass is 127. The number of carbonyl (C=O) groups excluding carboxylic acids is 1. The number of thiazole rings is 1. The van der Waals surface area contributed by atoms with Crippen molar-refractivity contribution in [3.05, 3.63) is 39.7 Å². The number of rotatable bonds is 7. The van der Waals surface area contributed by atoms with Crippen LogP contribution in [0, 0.1) is 0 Å². The number of likely N-dealkylation sites (N-methyl/N-ethyl adjacent to an activating group) is 1. The molecule has 1 aliphatic carbocycles. The lowest BCUT2D eigenvalue weighted by atomic mass is 10.0. The van der Waals surface area contributed by atoms with Gasteiger partial charge in [-0.25, -0.2) is 9.98 Å². The molecule has 1 amide bonds. The van der Waals surface area contributed by atoms with Crippen LogP contribution in [0.5, 0.6) is 0 Å². The molecule has 9 heteroatoms. The maximum atomic E-state index is 12.0. The van der Waals surface area contributed by atoms with E-state index in [-0.39, 0.29) is 36.4 Å². The van der Waals surface area contributed by atoms with Crippen LogP contribution < -0.4 is 5.32 Å². The van der Waals surface area contributed by atoms with E-state index in [1.54, 1.807) is 36.6 Å². The molecule has 0 saturated carbocycles. The molecule has 0 atom stereocenters. The number of amides is 1. The number of aryl methyl sites for hydroxylation is 2. The Balaban J connectivity index is 0.00000300. The van der Waals surface area contributed by atoms with Crippen LogP contribution in [-0.4, -0.2) is 60.9 Å². The predicted octanol–water partition coefficient (Wildman–Crippen LogP) is 2.94. The number of fused-ring (bicyclic) bond motifs is 1. The monoisotopic (exact) mass is 531 g/mol. The van der Waals surface area contributed by atoms with Crippen molar-refractivity contribution in [3.63, 3.8) is 0 Å². The number of aliphatic imine (C=N–C) groups is 1. The molecule has 0 saturated heterocycles. The zero-order valence-corrected chi connectivity index (χ0v) is 20.5. The summed E-state index contributed by atoms with van der Waals surface area (Å²) in [4.78, 5) is 26.3. The van der Waals surface area contributed by atoms with Gasteiger partial charge in [0.2, 0.25) is 5.91 Å². The van der Waals surface area contributed by atoms with E-state index >= 15 is 0 Å². The number of carbonyl (C=O) groups is 1. The number of nitrogens with one attached hydrogen (secondary N) is 1. The summed E-state index contributed by atoms with van der Waals surface area (Å²) in [6.07, 6.45) is 7.17. The van der Waals surface area contributed by atoms with Gasteiger partial charge >= 0.3 is 0 Å². The average molecular weight is 531 g/mol. The summed E-state index contributed by atoms with van der Waals surface area (Å²) in [5, 5.41) is 4.46. The van der Waals surface area contributed by atoms with Crippen LogP contribution in [0.3, 0.4) is 0 Å². The standard InChI is InChI=1S/C20H29N5O2S.HI/c1-24(2)19(26)13-22-20(21-11-10-15-7-6-12-27-15)25(3)14-18-23-16-8-4-5-9-17(16)28-18;/h6-7,12H,4-5,8-11,13-14H2,1-3H3,(H,21,22);1H. The Morgan fingerprint density at radius 1 is 1.31 bits per heavy atom. The second kappa shape index (κ2) is 11.5. The third-order valence-electron chi connectivity index (χ3n) is 4.72. The van der Waals surface area contributed by atoms with E-state index < -0.39 is 0 Å². The van der Waals surface area contributed by atoms with Crippen molar-refractivity contribution in [2.75, 3.05) is 34.2 Å². The van der Waals surface area contributed by atoms with Gasteiger partial charge in [0.25, 0.3) is 0 Å². The Morgan fingerprint density at radius 3 is 2.79 bits per heavy atom. The summed E-state index contributed by atoms with van der Waals surface area (Å²) >= 11 is 1.81. The molecule has 160 valence electrons. The van der Waals surface area contributed by atoms with Crippen molar-refractivity contribution >= 4 is 47.2 Å². The van der Waals surface area contributed by atoms with Crippen molar-refractivity contribution in [2.24, 2.45) is 4.99 Å². The van der Waals surface area contributed by atoms with Crippen LogP contribution >= 0.6 is 35.3 Å². The molecule has 29 heavy (non-hydrogen) atoms. The largest absolute Gasteiger partial charge is 0.469 e. The van der Waals surface area contributed by atoms with E-state index in [9.17, 15) is 4.79 Å². The fourth-order valence-corrected chi connectivity index (χ4v) is 4.31. The fourth-order valence-electron chi connectivity index (χ4n) is 3.10. The van der Waals surface area contributed by atoms with Crippen LogP contribution in [0.15, 0.2) is 27.8 Å². The first-order valence-electron chi connectivity index (χ1n) is 9.72. The van der Waals surface area contributed by atoms with E-state index in [2.05, 4.69) is 10.3 Å². The van der Waals surface area contributed by atoms with E-state index in [4.69, 9.17) is 9.40 Å². The Kier molecular flexibility index (Phi) is 9.41. The molecule has 1 N–H and O–H groups in total. The van der Waals surface area contributed by atoms with Crippen molar-refractivity contribution < 1.29 is 9.21 Å². The Hall–Kier alpha value is -1.62.